The van der Waals surface area contributed by atoms with Gasteiger partial charge >= 0.3 is 0 Å². The third-order valence-electron chi connectivity index (χ3n) is 5.33. The van der Waals surface area contributed by atoms with E-state index in [2.05, 4.69) is 37.1 Å². The van der Waals surface area contributed by atoms with Crippen LogP contribution in [-0.2, 0) is 30.7 Å². The molecule has 2 aromatic rings. The van der Waals surface area contributed by atoms with Gasteiger partial charge in [0.05, 0.1) is 17.9 Å². The van der Waals surface area contributed by atoms with Crippen LogP contribution in [0.4, 0.5) is 0 Å². The molecule has 3 heterocycles. The van der Waals surface area contributed by atoms with Gasteiger partial charge in [0.1, 0.15) is 0 Å². The Balaban J connectivity index is 1.68. The molecule has 1 aromatic heterocycles. The summed E-state index contributed by atoms with van der Waals surface area (Å²) in [6, 6.07) is 8.39. The van der Waals surface area contributed by atoms with Crippen molar-refractivity contribution in [1.82, 2.24) is 14.7 Å². The number of carbonyl (C=O) groups excluding carboxylic acids is 1. The average Bonchev–Trinajstić information content (AvgIpc) is 2.99. The number of fused-ring (bicyclic) bond motifs is 2. The van der Waals surface area contributed by atoms with Crippen LogP contribution in [0.2, 0.25) is 0 Å². The molecule has 1 aromatic carbocycles. The summed E-state index contributed by atoms with van der Waals surface area (Å²) in [6.07, 6.45) is 1.76. The Hall–Kier alpha value is -2.14. The van der Waals surface area contributed by atoms with Crippen LogP contribution in [0.1, 0.15) is 59.7 Å². The summed E-state index contributed by atoms with van der Waals surface area (Å²) in [7, 11) is 0. The highest BCUT2D eigenvalue weighted by Crippen LogP contribution is 2.33. The maximum absolute atomic E-state index is 13.2. The van der Waals surface area contributed by atoms with Crippen molar-refractivity contribution in [1.29, 1.82) is 0 Å². The lowest BCUT2D eigenvalue weighted by Crippen LogP contribution is -2.37. The van der Waals surface area contributed by atoms with Crippen molar-refractivity contribution in [2.75, 3.05) is 6.54 Å². The number of aromatic nitrogens is 2. The molecule has 0 radical (unpaired) electrons. The maximum Gasteiger partial charge on any atom is 0.274 e. The topological polar surface area (TPSA) is 47.4 Å². The molecule has 0 aliphatic carbocycles. The predicted molar refractivity (Wildman–Crippen MR) is 95.5 cm³/mol. The summed E-state index contributed by atoms with van der Waals surface area (Å²) >= 11 is 0. The van der Waals surface area contributed by atoms with Gasteiger partial charge in [-0.3, -0.25) is 9.48 Å². The van der Waals surface area contributed by atoms with E-state index in [1.165, 1.54) is 11.1 Å². The average molecular weight is 339 g/mol. The normalized spacial score (nSPS) is 22.4. The molecule has 2 aliphatic heterocycles. The summed E-state index contributed by atoms with van der Waals surface area (Å²) in [5.41, 5.74) is 5.37. The smallest absolute Gasteiger partial charge is 0.274 e. The fraction of sp³-hybridized carbons (Fsp3) is 0.500. The molecule has 0 bridgehead atoms. The number of ether oxygens (including phenoxy) is 1. The van der Waals surface area contributed by atoms with E-state index >= 15 is 0 Å². The molecule has 5 nitrogen and oxygen atoms in total. The Bertz CT molecular complexity index is 811. The molecule has 0 N–H and O–H groups in total. The van der Waals surface area contributed by atoms with Crippen molar-refractivity contribution in [3.63, 3.8) is 0 Å². The molecule has 2 aliphatic rings. The van der Waals surface area contributed by atoms with Gasteiger partial charge in [-0.05, 0) is 38.3 Å². The summed E-state index contributed by atoms with van der Waals surface area (Å²) in [5, 5.41) is 4.67. The lowest BCUT2D eigenvalue weighted by Gasteiger charge is -2.29. The lowest BCUT2D eigenvalue weighted by molar-refractivity contribution is -0.00952. The first-order valence-electron chi connectivity index (χ1n) is 9.19. The molecule has 0 fully saturated rings. The van der Waals surface area contributed by atoms with Gasteiger partial charge in [0.2, 0.25) is 0 Å². The van der Waals surface area contributed by atoms with Crippen molar-refractivity contribution in [3.05, 3.63) is 52.3 Å². The van der Waals surface area contributed by atoms with Crippen molar-refractivity contribution in [2.24, 2.45) is 0 Å². The minimum absolute atomic E-state index is 0.0187. The molecule has 0 unspecified atom stereocenters. The lowest BCUT2D eigenvalue weighted by atomic mass is 9.97. The number of rotatable bonds is 2. The molecule has 1 amide bonds. The van der Waals surface area contributed by atoms with E-state index in [0.717, 1.165) is 37.2 Å². The van der Waals surface area contributed by atoms with E-state index in [9.17, 15) is 4.79 Å². The van der Waals surface area contributed by atoms with Gasteiger partial charge < -0.3 is 9.64 Å². The summed E-state index contributed by atoms with van der Waals surface area (Å²) < 4.78 is 7.90. The second-order valence-electron chi connectivity index (χ2n) is 7.07. The van der Waals surface area contributed by atoms with E-state index in [1.807, 2.05) is 22.6 Å². The molecule has 2 atom stereocenters. The Labute approximate surface area is 148 Å². The van der Waals surface area contributed by atoms with Gasteiger partial charge in [0.25, 0.3) is 5.91 Å². The first-order chi connectivity index (χ1) is 12.1. The SMILES string of the molecule is CCn1nc(C(=O)N2CCc3ccccc3C2)c2c1[C@H](C)O[C@H](C)C2. The van der Waals surface area contributed by atoms with Crippen LogP contribution in [-0.4, -0.2) is 33.2 Å². The van der Waals surface area contributed by atoms with E-state index in [-0.39, 0.29) is 18.1 Å². The van der Waals surface area contributed by atoms with Crippen molar-refractivity contribution < 1.29 is 9.53 Å². The number of hydrogen-bond acceptors (Lipinski definition) is 3. The highest BCUT2D eigenvalue weighted by molar-refractivity contribution is 5.94. The molecular weight excluding hydrogens is 314 g/mol. The van der Waals surface area contributed by atoms with Crippen LogP contribution in [0.3, 0.4) is 0 Å². The van der Waals surface area contributed by atoms with E-state index in [4.69, 9.17) is 4.74 Å². The van der Waals surface area contributed by atoms with Crippen LogP contribution in [0.25, 0.3) is 0 Å². The molecule has 0 saturated carbocycles. The van der Waals surface area contributed by atoms with Gasteiger partial charge in [0, 0.05) is 31.6 Å². The number of benzene rings is 1. The zero-order chi connectivity index (χ0) is 17.6. The Kier molecular flexibility index (Phi) is 4.12. The fourth-order valence-electron chi connectivity index (χ4n) is 4.15. The zero-order valence-electron chi connectivity index (χ0n) is 15.2. The van der Waals surface area contributed by atoms with Crippen LogP contribution in [0.15, 0.2) is 24.3 Å². The van der Waals surface area contributed by atoms with Gasteiger partial charge in [-0.1, -0.05) is 24.3 Å². The summed E-state index contributed by atoms with van der Waals surface area (Å²) in [6.45, 7) is 8.35. The van der Waals surface area contributed by atoms with Crippen LogP contribution in [0.5, 0.6) is 0 Å². The molecule has 5 heteroatoms. The highest BCUT2D eigenvalue weighted by atomic mass is 16.5. The highest BCUT2D eigenvalue weighted by Gasteiger charge is 2.34. The van der Waals surface area contributed by atoms with Crippen LogP contribution < -0.4 is 0 Å². The van der Waals surface area contributed by atoms with Crippen molar-refractivity contribution in [3.8, 4) is 0 Å². The molecule has 132 valence electrons. The standard InChI is InChI=1S/C20H25N3O2/c1-4-23-19-14(3)25-13(2)11-17(19)18(21-23)20(24)22-10-9-15-7-5-6-8-16(15)12-22/h5-8,13-14H,4,9-12H2,1-3H3/t13-,14+/m1/s1. The molecule has 0 spiro atoms. The van der Waals surface area contributed by atoms with Crippen LogP contribution >= 0.6 is 0 Å². The number of carbonyl (C=O) groups is 1. The first-order valence-corrected chi connectivity index (χ1v) is 9.19. The fourth-order valence-corrected chi connectivity index (χ4v) is 4.15. The van der Waals surface area contributed by atoms with E-state index in [0.29, 0.717) is 12.2 Å². The summed E-state index contributed by atoms with van der Waals surface area (Å²) in [5.74, 6) is 0.0549. The largest absolute Gasteiger partial charge is 0.369 e. The Morgan fingerprint density at radius 3 is 2.80 bits per heavy atom. The van der Waals surface area contributed by atoms with E-state index in [1.54, 1.807) is 0 Å². The molecule has 25 heavy (non-hydrogen) atoms. The molecule has 0 saturated heterocycles. The van der Waals surface area contributed by atoms with Gasteiger partial charge in [-0.25, -0.2) is 0 Å². The zero-order valence-corrected chi connectivity index (χ0v) is 15.2. The predicted octanol–water partition coefficient (Wildman–Crippen LogP) is 3.12. The van der Waals surface area contributed by atoms with Gasteiger partial charge in [-0.15, -0.1) is 0 Å². The molecular formula is C20H25N3O2. The van der Waals surface area contributed by atoms with Crippen LogP contribution in [0, 0.1) is 0 Å². The minimum Gasteiger partial charge on any atom is -0.369 e. The number of amides is 1. The Morgan fingerprint density at radius 2 is 2.04 bits per heavy atom. The second-order valence-corrected chi connectivity index (χ2v) is 7.07. The van der Waals surface area contributed by atoms with Crippen molar-refractivity contribution in [2.45, 2.75) is 58.9 Å². The third-order valence-corrected chi connectivity index (χ3v) is 5.33. The first kappa shape index (κ1) is 16.3. The molecule has 4 rings (SSSR count). The van der Waals surface area contributed by atoms with Gasteiger partial charge in [-0.2, -0.15) is 5.10 Å². The van der Waals surface area contributed by atoms with Crippen molar-refractivity contribution >= 4 is 5.91 Å². The monoisotopic (exact) mass is 339 g/mol. The number of hydrogen-bond donors (Lipinski definition) is 0. The third kappa shape index (κ3) is 2.76. The number of aryl methyl sites for hydroxylation is 1. The minimum atomic E-state index is -0.0187. The quantitative estimate of drug-likeness (QED) is 0.844. The number of nitrogens with zero attached hydrogens (tertiary/aromatic N) is 3. The van der Waals surface area contributed by atoms with Gasteiger partial charge in [0.15, 0.2) is 5.69 Å². The maximum atomic E-state index is 13.2. The summed E-state index contributed by atoms with van der Waals surface area (Å²) in [4.78, 5) is 15.2. The van der Waals surface area contributed by atoms with E-state index < -0.39 is 0 Å². The second kappa shape index (κ2) is 6.30. The Morgan fingerprint density at radius 1 is 1.28 bits per heavy atom.